The van der Waals surface area contributed by atoms with Crippen LogP contribution in [0, 0.1) is 0 Å². The molecule has 0 bridgehead atoms. The van der Waals surface area contributed by atoms with E-state index in [4.69, 9.17) is 9.47 Å². The fourth-order valence-corrected chi connectivity index (χ4v) is 3.71. The molecule has 2 aliphatic rings. The van der Waals surface area contributed by atoms with E-state index in [1.54, 1.807) is 4.68 Å². The molecule has 1 saturated heterocycles. The van der Waals surface area contributed by atoms with Gasteiger partial charge in [-0.15, -0.1) is 0 Å². The predicted octanol–water partition coefficient (Wildman–Crippen LogP) is 2.66. The van der Waals surface area contributed by atoms with Crippen LogP contribution in [0.4, 0.5) is 0 Å². The minimum absolute atomic E-state index is 0.126. The number of rotatable bonds is 3. The monoisotopic (exact) mass is 341 g/mol. The molecule has 4 rings (SSSR count). The Kier molecular flexibility index (Phi) is 4.11. The summed E-state index contributed by atoms with van der Waals surface area (Å²) in [5.74, 6) is 1.42. The Morgan fingerprint density at radius 2 is 2.08 bits per heavy atom. The van der Waals surface area contributed by atoms with Crippen molar-refractivity contribution < 1.29 is 14.3 Å². The zero-order valence-electron chi connectivity index (χ0n) is 14.6. The highest BCUT2D eigenvalue weighted by atomic mass is 16.6. The number of hydrogen-bond donors (Lipinski definition) is 0. The Labute approximate surface area is 147 Å². The van der Waals surface area contributed by atoms with Gasteiger partial charge in [-0.3, -0.25) is 9.48 Å². The van der Waals surface area contributed by atoms with Gasteiger partial charge in [0.1, 0.15) is 13.2 Å². The van der Waals surface area contributed by atoms with Gasteiger partial charge in [0.25, 0.3) is 0 Å². The molecule has 0 radical (unpaired) electrons. The fraction of sp³-hybridized carbons (Fsp3) is 0.474. The van der Waals surface area contributed by atoms with E-state index >= 15 is 0 Å². The quantitative estimate of drug-likeness (QED) is 0.861. The molecule has 6 heteroatoms. The van der Waals surface area contributed by atoms with Crippen LogP contribution < -0.4 is 9.47 Å². The van der Waals surface area contributed by atoms with Crippen LogP contribution in [0.15, 0.2) is 30.6 Å². The van der Waals surface area contributed by atoms with Gasteiger partial charge < -0.3 is 14.4 Å². The molecule has 3 heterocycles. The van der Waals surface area contributed by atoms with Crippen molar-refractivity contribution in [3.8, 4) is 11.5 Å². The zero-order chi connectivity index (χ0) is 17.4. The van der Waals surface area contributed by atoms with Crippen LogP contribution in [0.1, 0.15) is 42.9 Å². The molecule has 1 amide bonds. The van der Waals surface area contributed by atoms with E-state index < -0.39 is 0 Å². The maximum Gasteiger partial charge on any atom is 0.230 e. The molecule has 0 spiro atoms. The molecule has 132 valence electrons. The second kappa shape index (κ2) is 6.43. The van der Waals surface area contributed by atoms with E-state index in [-0.39, 0.29) is 17.9 Å². The third-order valence-corrected chi connectivity index (χ3v) is 5.08. The van der Waals surface area contributed by atoms with Gasteiger partial charge in [-0.2, -0.15) is 5.10 Å². The highest BCUT2D eigenvalue weighted by Gasteiger charge is 2.33. The number of hydrogen-bond acceptors (Lipinski definition) is 4. The van der Waals surface area contributed by atoms with Crippen LogP contribution in [0.2, 0.25) is 0 Å². The lowest BCUT2D eigenvalue weighted by Gasteiger charge is -2.27. The Morgan fingerprint density at radius 1 is 1.28 bits per heavy atom. The summed E-state index contributed by atoms with van der Waals surface area (Å²) in [4.78, 5) is 15.1. The molecule has 6 nitrogen and oxygen atoms in total. The van der Waals surface area contributed by atoms with Crippen molar-refractivity contribution in [3.05, 3.63) is 41.7 Å². The van der Waals surface area contributed by atoms with Crippen molar-refractivity contribution in [3.63, 3.8) is 0 Å². The SMILES string of the molecule is C[C@@H](C(=O)N1CCC[C@H]1c1cnn(C)c1)c1ccc2c(c1)OCCO2. The molecular formula is C19H23N3O3. The van der Waals surface area contributed by atoms with E-state index in [2.05, 4.69) is 5.10 Å². The third-order valence-electron chi connectivity index (χ3n) is 5.08. The molecule has 25 heavy (non-hydrogen) atoms. The lowest BCUT2D eigenvalue weighted by molar-refractivity contribution is -0.133. The van der Waals surface area contributed by atoms with E-state index in [0.717, 1.165) is 42.0 Å². The summed E-state index contributed by atoms with van der Waals surface area (Å²) < 4.78 is 13.0. The Hall–Kier alpha value is -2.50. The van der Waals surface area contributed by atoms with E-state index in [9.17, 15) is 4.79 Å². The molecule has 2 aliphatic heterocycles. The average Bonchev–Trinajstić information content (AvgIpc) is 3.28. The molecule has 2 atom stereocenters. The van der Waals surface area contributed by atoms with Crippen molar-refractivity contribution in [2.24, 2.45) is 7.05 Å². The smallest absolute Gasteiger partial charge is 0.230 e. The summed E-state index contributed by atoms with van der Waals surface area (Å²) in [6.45, 7) is 3.88. The summed E-state index contributed by atoms with van der Waals surface area (Å²) >= 11 is 0. The minimum atomic E-state index is -0.215. The van der Waals surface area contributed by atoms with Crippen LogP contribution in [-0.4, -0.2) is 40.3 Å². The number of aromatic nitrogens is 2. The first-order chi connectivity index (χ1) is 12.1. The average molecular weight is 341 g/mol. The van der Waals surface area contributed by atoms with E-state index in [1.807, 2.05) is 49.5 Å². The van der Waals surface area contributed by atoms with Gasteiger partial charge >= 0.3 is 0 Å². The number of nitrogens with zero attached hydrogens (tertiary/aromatic N) is 3. The first kappa shape index (κ1) is 16.0. The lowest BCUT2D eigenvalue weighted by atomic mass is 9.98. The van der Waals surface area contributed by atoms with Crippen molar-refractivity contribution >= 4 is 5.91 Å². The van der Waals surface area contributed by atoms with Crippen LogP contribution in [-0.2, 0) is 11.8 Å². The predicted molar refractivity (Wildman–Crippen MR) is 92.7 cm³/mol. The summed E-state index contributed by atoms with van der Waals surface area (Å²) in [7, 11) is 1.91. The van der Waals surface area contributed by atoms with E-state index in [0.29, 0.717) is 13.2 Å². The van der Waals surface area contributed by atoms with Crippen molar-refractivity contribution in [1.29, 1.82) is 0 Å². The van der Waals surface area contributed by atoms with Crippen molar-refractivity contribution in [1.82, 2.24) is 14.7 Å². The summed E-state index contributed by atoms with van der Waals surface area (Å²) in [5.41, 5.74) is 2.08. The molecule has 0 N–H and O–H groups in total. The number of carbonyl (C=O) groups excluding carboxylic acids is 1. The van der Waals surface area contributed by atoms with Gasteiger partial charge in [-0.25, -0.2) is 0 Å². The molecule has 1 aromatic carbocycles. The summed E-state index contributed by atoms with van der Waals surface area (Å²) in [6, 6.07) is 5.93. The minimum Gasteiger partial charge on any atom is -0.486 e. The van der Waals surface area contributed by atoms with Gasteiger partial charge in [0, 0.05) is 25.4 Å². The van der Waals surface area contributed by atoms with Crippen LogP contribution in [0.25, 0.3) is 0 Å². The Balaban J connectivity index is 1.55. The fourth-order valence-electron chi connectivity index (χ4n) is 3.71. The molecular weight excluding hydrogens is 318 g/mol. The summed E-state index contributed by atoms with van der Waals surface area (Å²) in [5, 5.41) is 4.25. The number of fused-ring (bicyclic) bond motifs is 1. The molecule has 2 aromatic rings. The third kappa shape index (κ3) is 2.97. The van der Waals surface area contributed by atoms with Crippen LogP contribution in [0.3, 0.4) is 0 Å². The molecule has 0 aliphatic carbocycles. The first-order valence-corrected chi connectivity index (χ1v) is 8.82. The molecule has 0 saturated carbocycles. The maximum atomic E-state index is 13.1. The Bertz CT molecular complexity index is 786. The van der Waals surface area contributed by atoms with Gasteiger partial charge in [0.15, 0.2) is 11.5 Å². The standard InChI is InChI=1S/C19H23N3O3/c1-13(14-5-6-17-18(10-14)25-9-8-24-17)19(23)22-7-3-4-16(22)15-11-20-21(2)12-15/h5-6,10-13,16H,3-4,7-9H2,1-2H3/t13-,16+/m1/s1. The topological polar surface area (TPSA) is 56.6 Å². The number of benzene rings is 1. The second-order valence-electron chi connectivity index (χ2n) is 6.76. The Morgan fingerprint density at radius 3 is 2.84 bits per heavy atom. The van der Waals surface area contributed by atoms with Gasteiger partial charge in [-0.1, -0.05) is 6.07 Å². The van der Waals surface area contributed by atoms with Gasteiger partial charge in [0.2, 0.25) is 5.91 Å². The lowest BCUT2D eigenvalue weighted by Crippen LogP contribution is -2.33. The number of aryl methyl sites for hydroxylation is 1. The second-order valence-corrected chi connectivity index (χ2v) is 6.76. The van der Waals surface area contributed by atoms with Crippen LogP contribution in [0.5, 0.6) is 11.5 Å². The number of amides is 1. The van der Waals surface area contributed by atoms with Gasteiger partial charge in [-0.05, 0) is 37.5 Å². The van der Waals surface area contributed by atoms with Gasteiger partial charge in [0.05, 0.1) is 18.2 Å². The van der Waals surface area contributed by atoms with Crippen LogP contribution >= 0.6 is 0 Å². The molecule has 1 fully saturated rings. The number of likely N-dealkylation sites (tertiary alicyclic amines) is 1. The normalized spacial score (nSPS) is 20.6. The highest BCUT2D eigenvalue weighted by Crippen LogP contribution is 2.37. The number of ether oxygens (including phenoxy) is 2. The first-order valence-electron chi connectivity index (χ1n) is 8.82. The van der Waals surface area contributed by atoms with Crippen molar-refractivity contribution in [2.75, 3.05) is 19.8 Å². The maximum absolute atomic E-state index is 13.1. The molecule has 1 aromatic heterocycles. The zero-order valence-corrected chi connectivity index (χ0v) is 14.6. The number of carbonyl (C=O) groups is 1. The summed E-state index contributed by atoms with van der Waals surface area (Å²) in [6.07, 6.45) is 5.89. The molecule has 0 unspecified atom stereocenters. The van der Waals surface area contributed by atoms with E-state index in [1.165, 1.54) is 0 Å². The largest absolute Gasteiger partial charge is 0.486 e. The highest BCUT2D eigenvalue weighted by molar-refractivity contribution is 5.84. The van der Waals surface area contributed by atoms with Crippen molar-refractivity contribution in [2.45, 2.75) is 31.7 Å².